The van der Waals surface area contributed by atoms with Gasteiger partial charge in [0, 0.05) is 25.2 Å². The van der Waals surface area contributed by atoms with Crippen LogP contribution in [-0.2, 0) is 16.1 Å². The Morgan fingerprint density at radius 1 is 1.20 bits per heavy atom. The Morgan fingerprint density at radius 2 is 1.92 bits per heavy atom. The van der Waals surface area contributed by atoms with Crippen LogP contribution in [0.2, 0.25) is 0 Å². The molecule has 0 radical (unpaired) electrons. The van der Waals surface area contributed by atoms with Crippen molar-refractivity contribution in [2.24, 2.45) is 5.92 Å². The fourth-order valence-corrected chi connectivity index (χ4v) is 2.98. The molecule has 2 aromatic carbocycles. The van der Waals surface area contributed by atoms with Crippen molar-refractivity contribution in [3.05, 3.63) is 65.0 Å². The molecule has 0 unspecified atom stereocenters. The van der Waals surface area contributed by atoms with Crippen LogP contribution in [0.5, 0.6) is 0 Å². The first-order chi connectivity index (χ1) is 11.9. The van der Waals surface area contributed by atoms with E-state index in [1.165, 1.54) is 17.7 Å². The number of amides is 2. The third-order valence-corrected chi connectivity index (χ3v) is 4.54. The molecule has 2 aromatic rings. The van der Waals surface area contributed by atoms with Crippen molar-refractivity contribution in [3.8, 4) is 0 Å². The highest BCUT2D eigenvalue weighted by Gasteiger charge is 2.34. The minimum Gasteiger partial charge on any atom is -0.338 e. The molecule has 1 heterocycles. The maximum Gasteiger partial charge on any atom is 0.229 e. The topological polar surface area (TPSA) is 49.4 Å². The molecule has 1 aliphatic rings. The van der Waals surface area contributed by atoms with E-state index in [-0.39, 0.29) is 18.2 Å². The van der Waals surface area contributed by atoms with E-state index >= 15 is 0 Å². The molecule has 1 aliphatic heterocycles. The summed E-state index contributed by atoms with van der Waals surface area (Å²) in [6, 6.07) is 12.3. The lowest BCUT2D eigenvalue weighted by molar-refractivity contribution is -0.128. The van der Waals surface area contributed by atoms with Crippen LogP contribution >= 0.6 is 0 Å². The van der Waals surface area contributed by atoms with Crippen LogP contribution in [0.25, 0.3) is 0 Å². The van der Waals surface area contributed by atoms with E-state index in [1.54, 1.807) is 17.9 Å². The largest absolute Gasteiger partial charge is 0.338 e. The Balaban J connectivity index is 1.64. The average Bonchev–Trinajstić information content (AvgIpc) is 2.94. The van der Waals surface area contributed by atoms with E-state index in [4.69, 9.17) is 0 Å². The van der Waals surface area contributed by atoms with Gasteiger partial charge < -0.3 is 10.2 Å². The quantitative estimate of drug-likeness (QED) is 0.927. The second-order valence-electron chi connectivity index (χ2n) is 6.61. The summed E-state index contributed by atoms with van der Waals surface area (Å²) in [6.07, 6.45) is 0.187. The zero-order chi connectivity index (χ0) is 18.0. The van der Waals surface area contributed by atoms with E-state index < -0.39 is 11.7 Å². The number of hydrogen-bond donors (Lipinski definition) is 1. The molecule has 2 amide bonds. The van der Waals surface area contributed by atoms with Crippen molar-refractivity contribution >= 4 is 17.5 Å². The van der Waals surface area contributed by atoms with Gasteiger partial charge in [-0.25, -0.2) is 4.39 Å². The molecule has 0 aromatic heterocycles. The van der Waals surface area contributed by atoms with Crippen molar-refractivity contribution in [1.82, 2.24) is 4.90 Å². The van der Waals surface area contributed by atoms with Gasteiger partial charge in [0.05, 0.1) is 5.92 Å². The molecule has 5 heteroatoms. The predicted molar refractivity (Wildman–Crippen MR) is 94.5 cm³/mol. The zero-order valence-electron chi connectivity index (χ0n) is 14.4. The number of anilines is 1. The molecule has 1 atom stereocenters. The molecule has 0 saturated carbocycles. The third-order valence-electron chi connectivity index (χ3n) is 4.54. The molecule has 1 fully saturated rings. The van der Waals surface area contributed by atoms with Crippen molar-refractivity contribution in [3.63, 3.8) is 0 Å². The summed E-state index contributed by atoms with van der Waals surface area (Å²) in [7, 11) is 0. The maximum atomic E-state index is 13.4. The van der Waals surface area contributed by atoms with Crippen LogP contribution < -0.4 is 5.32 Å². The third kappa shape index (κ3) is 4.05. The molecule has 1 N–H and O–H groups in total. The van der Waals surface area contributed by atoms with E-state index in [0.29, 0.717) is 18.8 Å². The summed E-state index contributed by atoms with van der Waals surface area (Å²) >= 11 is 0. The van der Waals surface area contributed by atoms with Crippen molar-refractivity contribution in [2.75, 3.05) is 11.9 Å². The number of hydrogen-bond acceptors (Lipinski definition) is 2. The summed E-state index contributed by atoms with van der Waals surface area (Å²) < 4.78 is 13.4. The standard InChI is InChI=1S/C20H21FN2O2/c1-13-3-6-15(7-4-13)11-23-12-16(9-19(23)24)20(25)22-18-10-17(21)8-5-14(18)2/h3-8,10,16H,9,11-12H2,1-2H3,(H,22,25)/t16-/m0/s1. The molecular formula is C20H21FN2O2. The number of nitrogens with one attached hydrogen (secondary N) is 1. The normalized spacial score (nSPS) is 17.0. The highest BCUT2D eigenvalue weighted by Crippen LogP contribution is 2.23. The van der Waals surface area contributed by atoms with Crippen LogP contribution in [0.4, 0.5) is 10.1 Å². The first kappa shape index (κ1) is 17.1. The van der Waals surface area contributed by atoms with Crippen LogP contribution in [0.3, 0.4) is 0 Å². The van der Waals surface area contributed by atoms with Crippen LogP contribution in [-0.4, -0.2) is 23.3 Å². The minimum atomic E-state index is -0.416. The fourth-order valence-electron chi connectivity index (χ4n) is 2.98. The first-order valence-corrected chi connectivity index (χ1v) is 8.32. The van der Waals surface area contributed by atoms with Crippen LogP contribution in [0.15, 0.2) is 42.5 Å². The Bertz CT molecular complexity index is 802. The Kier molecular flexibility index (Phi) is 4.83. The lowest BCUT2D eigenvalue weighted by atomic mass is 10.1. The monoisotopic (exact) mass is 340 g/mol. The molecule has 25 heavy (non-hydrogen) atoms. The van der Waals surface area contributed by atoms with Gasteiger partial charge in [-0.05, 0) is 37.1 Å². The number of carbonyl (C=O) groups is 2. The molecule has 130 valence electrons. The summed E-state index contributed by atoms with van der Waals surface area (Å²) in [4.78, 5) is 26.4. The Hall–Kier alpha value is -2.69. The molecule has 0 bridgehead atoms. The number of carbonyl (C=O) groups excluding carboxylic acids is 2. The number of benzene rings is 2. The van der Waals surface area contributed by atoms with Gasteiger partial charge in [0.1, 0.15) is 5.82 Å². The van der Waals surface area contributed by atoms with Gasteiger partial charge in [0.2, 0.25) is 11.8 Å². The highest BCUT2D eigenvalue weighted by atomic mass is 19.1. The molecular weight excluding hydrogens is 319 g/mol. The summed E-state index contributed by atoms with van der Waals surface area (Å²) in [6.45, 7) is 4.70. The van der Waals surface area contributed by atoms with Gasteiger partial charge in [0.25, 0.3) is 0 Å². The second-order valence-corrected chi connectivity index (χ2v) is 6.61. The minimum absolute atomic E-state index is 0.0308. The molecule has 4 nitrogen and oxygen atoms in total. The fraction of sp³-hybridized carbons (Fsp3) is 0.300. The van der Waals surface area contributed by atoms with Crippen LogP contribution in [0, 0.1) is 25.6 Å². The van der Waals surface area contributed by atoms with Crippen molar-refractivity contribution in [2.45, 2.75) is 26.8 Å². The second kappa shape index (κ2) is 7.05. The number of nitrogens with zero attached hydrogens (tertiary/aromatic N) is 1. The van der Waals surface area contributed by atoms with Gasteiger partial charge in [-0.2, -0.15) is 0 Å². The van der Waals surface area contributed by atoms with E-state index in [9.17, 15) is 14.0 Å². The zero-order valence-corrected chi connectivity index (χ0v) is 14.4. The molecule has 3 rings (SSSR count). The smallest absolute Gasteiger partial charge is 0.229 e. The molecule has 0 aliphatic carbocycles. The summed E-state index contributed by atoms with van der Waals surface area (Å²) in [5.74, 6) is -1.09. The summed E-state index contributed by atoms with van der Waals surface area (Å²) in [5.41, 5.74) is 3.45. The average molecular weight is 340 g/mol. The number of halogens is 1. The lowest BCUT2D eigenvalue weighted by Crippen LogP contribution is -2.28. The highest BCUT2D eigenvalue weighted by molar-refractivity contribution is 5.97. The summed E-state index contributed by atoms with van der Waals surface area (Å²) in [5, 5.41) is 2.75. The molecule has 0 spiro atoms. The van der Waals surface area contributed by atoms with E-state index in [0.717, 1.165) is 11.1 Å². The van der Waals surface area contributed by atoms with E-state index in [2.05, 4.69) is 5.32 Å². The van der Waals surface area contributed by atoms with Crippen LogP contribution in [0.1, 0.15) is 23.1 Å². The van der Waals surface area contributed by atoms with Crippen molar-refractivity contribution in [1.29, 1.82) is 0 Å². The predicted octanol–water partition coefficient (Wildman–Crippen LogP) is 3.43. The SMILES string of the molecule is Cc1ccc(CN2C[C@@H](C(=O)Nc3cc(F)ccc3C)CC2=O)cc1. The Labute approximate surface area is 146 Å². The van der Waals surface area contributed by atoms with E-state index in [1.807, 2.05) is 31.2 Å². The van der Waals surface area contributed by atoms with Gasteiger partial charge in [-0.15, -0.1) is 0 Å². The maximum absolute atomic E-state index is 13.4. The number of aryl methyl sites for hydroxylation is 2. The lowest BCUT2D eigenvalue weighted by Gasteiger charge is -2.17. The number of rotatable bonds is 4. The first-order valence-electron chi connectivity index (χ1n) is 8.32. The van der Waals surface area contributed by atoms with Gasteiger partial charge >= 0.3 is 0 Å². The van der Waals surface area contributed by atoms with Gasteiger partial charge in [-0.3, -0.25) is 9.59 Å². The molecule has 1 saturated heterocycles. The Morgan fingerprint density at radius 3 is 2.64 bits per heavy atom. The van der Waals surface area contributed by atoms with Gasteiger partial charge in [0.15, 0.2) is 0 Å². The van der Waals surface area contributed by atoms with Gasteiger partial charge in [-0.1, -0.05) is 35.9 Å². The van der Waals surface area contributed by atoms with Crippen molar-refractivity contribution < 1.29 is 14.0 Å². The number of likely N-dealkylation sites (tertiary alicyclic amines) is 1.